The first-order chi connectivity index (χ1) is 14.1. The van der Waals surface area contributed by atoms with Crippen molar-refractivity contribution in [3.63, 3.8) is 0 Å². The monoisotopic (exact) mass is 384 g/mol. The van der Waals surface area contributed by atoms with Crippen LogP contribution in [0.2, 0.25) is 0 Å². The van der Waals surface area contributed by atoms with Crippen LogP contribution in [0.3, 0.4) is 0 Å². The lowest BCUT2D eigenvalue weighted by molar-refractivity contribution is 0.244. The summed E-state index contributed by atoms with van der Waals surface area (Å²) in [5, 5.41) is 0. The minimum Gasteiger partial charge on any atom is -0.441 e. The molecule has 29 heavy (non-hydrogen) atoms. The Morgan fingerprint density at radius 2 is 1.62 bits per heavy atom. The minimum atomic E-state index is 0.155. The summed E-state index contributed by atoms with van der Waals surface area (Å²) in [5.74, 6) is 1.49. The van der Waals surface area contributed by atoms with Crippen molar-refractivity contribution in [1.29, 1.82) is 0 Å². The molecule has 0 aliphatic rings. The van der Waals surface area contributed by atoms with Gasteiger partial charge in [-0.1, -0.05) is 42.5 Å². The molecule has 0 bridgehead atoms. The van der Waals surface area contributed by atoms with Crippen molar-refractivity contribution in [2.24, 2.45) is 0 Å². The average Bonchev–Trinajstić information content (AvgIpc) is 3.14. The zero-order valence-electron chi connectivity index (χ0n) is 16.9. The predicted octanol–water partition coefficient (Wildman–Crippen LogP) is 5.30. The molecule has 0 aliphatic carbocycles. The Balaban J connectivity index is 1.50. The van der Waals surface area contributed by atoms with Crippen LogP contribution in [0.15, 0.2) is 77.6 Å². The fourth-order valence-electron chi connectivity index (χ4n) is 3.28. The Morgan fingerprint density at radius 1 is 0.931 bits per heavy atom. The second-order valence-corrected chi connectivity index (χ2v) is 7.19. The van der Waals surface area contributed by atoms with Crippen molar-refractivity contribution in [1.82, 2.24) is 19.9 Å². The summed E-state index contributed by atoms with van der Waals surface area (Å²) in [6.45, 7) is 4.77. The molecule has 0 N–H and O–H groups in total. The first-order valence-electron chi connectivity index (χ1n) is 9.70. The van der Waals surface area contributed by atoms with E-state index in [1.807, 2.05) is 31.2 Å². The van der Waals surface area contributed by atoms with Gasteiger partial charge in [-0.05, 0) is 50.2 Å². The first kappa shape index (κ1) is 19.0. The lowest BCUT2D eigenvalue weighted by Crippen LogP contribution is -2.23. The van der Waals surface area contributed by atoms with E-state index >= 15 is 0 Å². The third kappa shape index (κ3) is 4.25. The summed E-state index contributed by atoms with van der Waals surface area (Å²) >= 11 is 0. The molecule has 0 fully saturated rings. The molecule has 2 heterocycles. The van der Waals surface area contributed by atoms with Gasteiger partial charge in [0, 0.05) is 24.3 Å². The van der Waals surface area contributed by atoms with Crippen molar-refractivity contribution in [3.05, 3.63) is 90.3 Å². The highest BCUT2D eigenvalue weighted by atomic mass is 16.4. The summed E-state index contributed by atoms with van der Waals surface area (Å²) in [6.07, 6.45) is 3.35. The van der Waals surface area contributed by atoms with Crippen LogP contribution in [0, 0.1) is 6.92 Å². The van der Waals surface area contributed by atoms with Crippen molar-refractivity contribution in [2.75, 3.05) is 7.05 Å². The molecule has 5 nitrogen and oxygen atoms in total. The third-order valence-electron chi connectivity index (χ3n) is 5.22. The zero-order chi connectivity index (χ0) is 20.2. The molecule has 1 atom stereocenters. The van der Waals surface area contributed by atoms with E-state index in [4.69, 9.17) is 9.40 Å². The zero-order valence-corrected chi connectivity index (χ0v) is 16.9. The predicted molar refractivity (Wildman–Crippen MR) is 114 cm³/mol. The van der Waals surface area contributed by atoms with Gasteiger partial charge in [0.05, 0.1) is 11.4 Å². The summed E-state index contributed by atoms with van der Waals surface area (Å²) in [7, 11) is 2.06. The Morgan fingerprint density at radius 3 is 2.31 bits per heavy atom. The van der Waals surface area contributed by atoms with Gasteiger partial charge < -0.3 is 4.42 Å². The standard InChI is InChI=1S/C24H24N4O/c1-17(22-13-14-25-16-26-22)28(3)15-23-18(2)29-24(27-23)21-11-9-20(10-12-21)19-7-5-4-6-8-19/h4-14,16-17H,15H2,1-3H3. The molecular weight excluding hydrogens is 360 g/mol. The number of nitrogens with zero attached hydrogens (tertiary/aromatic N) is 4. The molecule has 4 aromatic rings. The number of rotatable bonds is 6. The molecule has 1 unspecified atom stereocenters. The van der Waals surface area contributed by atoms with Gasteiger partial charge in [-0.2, -0.15) is 0 Å². The summed E-state index contributed by atoms with van der Waals surface area (Å²) < 4.78 is 5.97. The van der Waals surface area contributed by atoms with Gasteiger partial charge in [0.15, 0.2) is 0 Å². The number of hydrogen-bond donors (Lipinski definition) is 0. The molecule has 146 valence electrons. The fraction of sp³-hybridized carbons (Fsp3) is 0.208. The molecule has 0 aliphatic heterocycles. The lowest BCUT2D eigenvalue weighted by atomic mass is 10.0. The molecule has 0 spiro atoms. The maximum Gasteiger partial charge on any atom is 0.226 e. The first-order valence-corrected chi connectivity index (χ1v) is 9.70. The van der Waals surface area contributed by atoms with E-state index in [0.29, 0.717) is 12.4 Å². The third-order valence-corrected chi connectivity index (χ3v) is 5.22. The number of oxazole rings is 1. The molecule has 0 saturated heterocycles. The van der Waals surface area contributed by atoms with E-state index in [1.54, 1.807) is 12.5 Å². The van der Waals surface area contributed by atoms with E-state index in [2.05, 4.69) is 65.2 Å². The summed E-state index contributed by atoms with van der Waals surface area (Å²) in [4.78, 5) is 15.3. The maximum absolute atomic E-state index is 5.97. The lowest BCUT2D eigenvalue weighted by Gasteiger charge is -2.23. The second kappa shape index (κ2) is 8.37. The molecule has 2 aromatic heterocycles. The molecule has 2 aromatic carbocycles. The van der Waals surface area contributed by atoms with Crippen LogP contribution in [0.4, 0.5) is 0 Å². The van der Waals surface area contributed by atoms with Crippen LogP contribution in [-0.2, 0) is 6.54 Å². The van der Waals surface area contributed by atoms with Gasteiger partial charge in [-0.15, -0.1) is 0 Å². The Kier molecular flexibility index (Phi) is 5.49. The largest absolute Gasteiger partial charge is 0.441 e. The van der Waals surface area contributed by atoms with Gasteiger partial charge in [0.25, 0.3) is 0 Å². The van der Waals surface area contributed by atoms with Crippen molar-refractivity contribution in [2.45, 2.75) is 26.4 Å². The van der Waals surface area contributed by atoms with Crippen LogP contribution in [0.25, 0.3) is 22.6 Å². The SMILES string of the molecule is Cc1oc(-c2ccc(-c3ccccc3)cc2)nc1CN(C)C(C)c1ccncn1. The minimum absolute atomic E-state index is 0.155. The maximum atomic E-state index is 5.97. The fourth-order valence-corrected chi connectivity index (χ4v) is 3.28. The van der Waals surface area contributed by atoms with E-state index in [9.17, 15) is 0 Å². The van der Waals surface area contributed by atoms with Gasteiger partial charge in [0.1, 0.15) is 12.1 Å². The molecule has 0 radical (unpaired) electrons. The molecule has 0 saturated carbocycles. The van der Waals surface area contributed by atoms with E-state index in [0.717, 1.165) is 22.7 Å². The highest BCUT2D eigenvalue weighted by Crippen LogP contribution is 2.27. The van der Waals surface area contributed by atoms with Crippen molar-refractivity contribution in [3.8, 4) is 22.6 Å². The van der Waals surface area contributed by atoms with Gasteiger partial charge in [-0.3, -0.25) is 4.90 Å². The Bertz CT molecular complexity index is 1060. The van der Waals surface area contributed by atoms with Crippen molar-refractivity contribution >= 4 is 0 Å². The van der Waals surface area contributed by atoms with E-state index < -0.39 is 0 Å². The van der Waals surface area contributed by atoms with E-state index in [1.165, 1.54) is 11.1 Å². The topological polar surface area (TPSA) is 55.1 Å². The Labute approximate surface area is 171 Å². The van der Waals surface area contributed by atoms with Gasteiger partial charge in [-0.25, -0.2) is 15.0 Å². The Hall–Kier alpha value is -3.31. The average molecular weight is 384 g/mol. The van der Waals surface area contributed by atoms with E-state index in [-0.39, 0.29) is 6.04 Å². The highest BCUT2D eigenvalue weighted by Gasteiger charge is 2.18. The number of benzene rings is 2. The normalized spacial score (nSPS) is 12.3. The number of hydrogen-bond acceptors (Lipinski definition) is 5. The quantitative estimate of drug-likeness (QED) is 0.451. The highest BCUT2D eigenvalue weighted by molar-refractivity contribution is 5.67. The molecular formula is C24H24N4O. The molecule has 0 amide bonds. The smallest absolute Gasteiger partial charge is 0.226 e. The summed E-state index contributed by atoms with van der Waals surface area (Å²) in [5.41, 5.74) is 5.28. The van der Waals surface area contributed by atoms with Gasteiger partial charge in [0.2, 0.25) is 5.89 Å². The van der Waals surface area contributed by atoms with Crippen LogP contribution in [0.5, 0.6) is 0 Å². The molecule has 4 rings (SSSR count). The van der Waals surface area contributed by atoms with Crippen LogP contribution in [0.1, 0.15) is 30.1 Å². The van der Waals surface area contributed by atoms with Crippen molar-refractivity contribution < 1.29 is 4.42 Å². The van der Waals surface area contributed by atoms with Gasteiger partial charge >= 0.3 is 0 Å². The summed E-state index contributed by atoms with van der Waals surface area (Å²) in [6, 6.07) is 20.8. The molecule has 5 heteroatoms. The second-order valence-electron chi connectivity index (χ2n) is 7.19. The van der Waals surface area contributed by atoms with Crippen LogP contribution < -0.4 is 0 Å². The number of aryl methyl sites for hydroxylation is 1. The number of aromatic nitrogens is 3. The van der Waals surface area contributed by atoms with Crippen LogP contribution >= 0.6 is 0 Å². The van der Waals surface area contributed by atoms with Crippen LogP contribution in [-0.4, -0.2) is 26.9 Å².